The molecule has 1 fully saturated rings. The Hall–Kier alpha value is -2.05. The normalized spacial score (nSPS) is 16.7. The van der Waals surface area contributed by atoms with Gasteiger partial charge in [-0.2, -0.15) is 9.30 Å². The molecule has 0 bridgehead atoms. The third-order valence-electron chi connectivity index (χ3n) is 5.38. The van der Waals surface area contributed by atoms with Crippen molar-refractivity contribution in [3.8, 4) is 12.3 Å². The van der Waals surface area contributed by atoms with Crippen molar-refractivity contribution in [3.05, 3.63) is 39.5 Å². The number of piperidine rings is 1. The molecule has 1 aromatic carbocycles. The topological polar surface area (TPSA) is 132 Å². The summed E-state index contributed by atoms with van der Waals surface area (Å²) >= 11 is 8.00. The number of terminal acetylenes is 1. The van der Waals surface area contributed by atoms with Gasteiger partial charge in [-0.3, -0.25) is 4.79 Å². The maximum absolute atomic E-state index is 12.9. The van der Waals surface area contributed by atoms with Gasteiger partial charge >= 0.3 is 0 Å². The molecule has 0 spiro atoms. The van der Waals surface area contributed by atoms with Gasteiger partial charge in [0.2, 0.25) is 10.0 Å². The lowest BCUT2D eigenvalue weighted by Crippen LogP contribution is -2.40. The van der Waals surface area contributed by atoms with Gasteiger partial charge in [-0.15, -0.1) is 17.8 Å². The van der Waals surface area contributed by atoms with Crippen molar-refractivity contribution < 1.29 is 21.6 Å². The number of rotatable bonds is 5. The van der Waals surface area contributed by atoms with Crippen molar-refractivity contribution >= 4 is 70.4 Å². The van der Waals surface area contributed by atoms with Crippen LogP contribution in [-0.2, 0) is 31.4 Å². The zero-order chi connectivity index (χ0) is 24.7. The van der Waals surface area contributed by atoms with Crippen molar-refractivity contribution in [2.45, 2.75) is 28.5 Å². The predicted molar refractivity (Wildman–Crippen MR) is 131 cm³/mol. The van der Waals surface area contributed by atoms with Crippen molar-refractivity contribution in [1.82, 2.24) is 8.87 Å². The van der Waals surface area contributed by atoms with Crippen molar-refractivity contribution in [2.75, 3.05) is 13.1 Å². The number of amides is 1. The van der Waals surface area contributed by atoms with Crippen LogP contribution in [0.4, 0.5) is 0 Å². The van der Waals surface area contributed by atoms with Crippen molar-refractivity contribution in [2.24, 2.45) is 16.0 Å². The minimum absolute atomic E-state index is 0.0485. The number of nitrogens with two attached hydrogens (primary N) is 1. The van der Waals surface area contributed by atoms with Crippen molar-refractivity contribution in [1.29, 1.82) is 0 Å². The summed E-state index contributed by atoms with van der Waals surface area (Å²) in [6, 6.07) is 7.39. The van der Waals surface area contributed by atoms with E-state index in [-0.39, 0.29) is 34.6 Å². The molecule has 0 unspecified atom stereocenters. The number of aromatic nitrogens is 1. The first-order valence-corrected chi connectivity index (χ1v) is 14.9. The summed E-state index contributed by atoms with van der Waals surface area (Å²) in [5.74, 6) is 1.70. The minimum atomic E-state index is -3.89. The van der Waals surface area contributed by atoms with E-state index >= 15 is 0 Å². The van der Waals surface area contributed by atoms with Crippen LogP contribution in [0.2, 0.25) is 4.34 Å². The Labute approximate surface area is 209 Å². The number of carbonyl (C=O) groups excluding carboxylic acids is 1. The van der Waals surface area contributed by atoms with Crippen LogP contribution in [-0.4, -0.2) is 44.7 Å². The fraction of sp³-hybridized carbons (Fsp3) is 0.300. The van der Waals surface area contributed by atoms with Gasteiger partial charge in [-0.25, -0.2) is 22.0 Å². The van der Waals surface area contributed by atoms with Crippen molar-refractivity contribution in [3.63, 3.8) is 0 Å². The number of sulfonamides is 2. The lowest BCUT2D eigenvalue weighted by molar-refractivity contribution is -0.122. The highest BCUT2D eigenvalue weighted by molar-refractivity contribution is 7.91. The SMILES string of the molecule is C#CCn1c(=NC(=O)C2CCN(S(=O)(=O)c3ccc(Cl)s3)CC2)sc2cc(S(N)(=O)=O)ccc21. The van der Waals surface area contributed by atoms with E-state index in [1.807, 2.05) is 0 Å². The molecule has 3 heterocycles. The standard InChI is InChI=1S/C20H19ClN4O5S4/c1-2-9-25-15-4-3-14(33(22,27)28)12-16(15)31-20(25)23-19(26)13-7-10-24(11-8-13)34(29,30)18-6-5-17(21)32-18/h1,3-6,12-13H,7-11H2,(H2,22,27,28). The fourth-order valence-electron chi connectivity index (χ4n) is 3.65. The third-order valence-corrected chi connectivity index (χ3v) is 10.9. The number of nitrogens with zero attached hydrogens (tertiary/aromatic N) is 3. The van der Waals surface area contributed by atoms with E-state index in [0.717, 1.165) is 22.7 Å². The van der Waals surface area contributed by atoms with E-state index in [0.29, 0.717) is 32.2 Å². The molecule has 1 saturated heterocycles. The number of halogens is 1. The van der Waals surface area contributed by atoms with E-state index in [1.165, 1.54) is 28.6 Å². The second kappa shape index (κ2) is 9.54. The molecular formula is C20H19ClN4O5S4. The number of fused-ring (bicyclic) bond motifs is 1. The Bertz CT molecular complexity index is 1590. The lowest BCUT2D eigenvalue weighted by Gasteiger charge is -2.29. The summed E-state index contributed by atoms with van der Waals surface area (Å²) in [4.78, 5) is 17.5. The number of thiophene rings is 1. The molecule has 0 aliphatic carbocycles. The second-order valence-electron chi connectivity index (χ2n) is 7.54. The molecule has 9 nitrogen and oxygen atoms in total. The maximum atomic E-state index is 12.9. The molecule has 180 valence electrons. The van der Waals surface area contributed by atoms with Gasteiger partial charge in [-0.05, 0) is 43.2 Å². The summed E-state index contributed by atoms with van der Waals surface area (Å²) in [5, 5.41) is 5.22. The molecule has 1 amide bonds. The molecular weight excluding hydrogens is 540 g/mol. The zero-order valence-corrected chi connectivity index (χ0v) is 21.6. The highest BCUT2D eigenvalue weighted by Crippen LogP contribution is 2.31. The van der Waals surface area contributed by atoms with Gasteiger partial charge in [0, 0.05) is 19.0 Å². The maximum Gasteiger partial charge on any atom is 0.252 e. The van der Waals surface area contributed by atoms with Gasteiger partial charge in [0.1, 0.15) is 4.21 Å². The summed E-state index contributed by atoms with van der Waals surface area (Å²) < 4.78 is 53.1. The summed E-state index contributed by atoms with van der Waals surface area (Å²) in [6.45, 7) is 0.525. The number of hydrogen-bond acceptors (Lipinski definition) is 7. The molecule has 3 aromatic rings. The largest absolute Gasteiger partial charge is 0.305 e. The lowest BCUT2D eigenvalue weighted by atomic mass is 9.98. The van der Waals surface area contributed by atoms with Crippen LogP contribution in [0.1, 0.15) is 12.8 Å². The molecule has 0 radical (unpaired) electrons. The Kier molecular flexibility index (Phi) is 7.03. The van der Waals surface area contributed by atoms with Crippen LogP contribution in [0, 0.1) is 18.3 Å². The molecule has 4 rings (SSSR count). The van der Waals surface area contributed by atoms with E-state index in [1.54, 1.807) is 10.6 Å². The van der Waals surface area contributed by atoms with Gasteiger partial charge in [0.05, 0.1) is 26.0 Å². The van der Waals surface area contributed by atoms with Gasteiger partial charge < -0.3 is 4.57 Å². The first kappa shape index (κ1) is 25.1. The van der Waals surface area contributed by atoms with E-state index < -0.39 is 26.0 Å². The average molecular weight is 559 g/mol. The highest BCUT2D eigenvalue weighted by Gasteiger charge is 2.33. The molecule has 14 heteroatoms. The molecule has 2 N–H and O–H groups in total. The Morgan fingerprint density at radius 1 is 1.18 bits per heavy atom. The van der Waals surface area contributed by atoms with Crippen LogP contribution in [0.5, 0.6) is 0 Å². The minimum Gasteiger partial charge on any atom is -0.305 e. The summed E-state index contributed by atoms with van der Waals surface area (Å²) in [6.07, 6.45) is 6.14. The van der Waals surface area contributed by atoms with E-state index in [9.17, 15) is 21.6 Å². The van der Waals surface area contributed by atoms with E-state index in [4.69, 9.17) is 23.2 Å². The van der Waals surface area contributed by atoms with E-state index in [2.05, 4.69) is 10.9 Å². The Morgan fingerprint density at radius 2 is 1.88 bits per heavy atom. The predicted octanol–water partition coefficient (Wildman–Crippen LogP) is 2.23. The number of thiazole rings is 1. The molecule has 1 aliphatic heterocycles. The molecule has 34 heavy (non-hydrogen) atoms. The molecule has 1 aliphatic rings. The third kappa shape index (κ3) is 4.99. The van der Waals surface area contributed by atoms with Crippen LogP contribution < -0.4 is 9.94 Å². The quantitative estimate of drug-likeness (QED) is 0.480. The van der Waals surface area contributed by atoms with Gasteiger partial charge in [-0.1, -0.05) is 28.9 Å². The second-order valence-corrected chi connectivity index (χ2v) is 14.0. The molecule has 2 aromatic heterocycles. The number of hydrogen-bond donors (Lipinski definition) is 1. The zero-order valence-electron chi connectivity index (χ0n) is 17.5. The molecule has 0 atom stereocenters. The monoisotopic (exact) mass is 558 g/mol. The van der Waals surface area contributed by atoms with Crippen LogP contribution >= 0.6 is 34.3 Å². The Morgan fingerprint density at radius 3 is 2.47 bits per heavy atom. The van der Waals surface area contributed by atoms with Gasteiger partial charge in [0.15, 0.2) is 4.80 Å². The first-order chi connectivity index (χ1) is 16.0. The summed E-state index contributed by atoms with van der Waals surface area (Å²) in [5.41, 5.74) is 0.637. The van der Waals surface area contributed by atoms with Crippen LogP contribution in [0.25, 0.3) is 10.2 Å². The van der Waals surface area contributed by atoms with Crippen LogP contribution in [0.15, 0.2) is 44.4 Å². The highest BCUT2D eigenvalue weighted by atomic mass is 35.5. The number of benzene rings is 1. The number of primary sulfonamides is 1. The average Bonchev–Trinajstić information content (AvgIpc) is 3.37. The fourth-order valence-corrected chi connectivity index (χ4v) is 8.45. The smallest absolute Gasteiger partial charge is 0.252 e. The Balaban J connectivity index is 1.58. The van der Waals surface area contributed by atoms with Crippen LogP contribution in [0.3, 0.4) is 0 Å². The first-order valence-electron chi connectivity index (χ1n) is 9.94. The molecule has 0 saturated carbocycles. The number of carbonyl (C=O) groups is 1. The van der Waals surface area contributed by atoms with Gasteiger partial charge in [0.25, 0.3) is 15.9 Å². The summed E-state index contributed by atoms with van der Waals surface area (Å²) in [7, 11) is -7.54.